The number of hydrogen-bond donors (Lipinski definition) is 1. The largest absolute Gasteiger partial charge is 0.378 e. The van der Waals surface area contributed by atoms with Gasteiger partial charge in [-0.3, -0.25) is 4.98 Å². The van der Waals surface area contributed by atoms with Crippen molar-refractivity contribution >= 4 is 5.69 Å². The van der Waals surface area contributed by atoms with E-state index in [-0.39, 0.29) is 0 Å². The number of nitrogens with zero attached hydrogens (tertiary/aromatic N) is 3. The molecule has 19 heavy (non-hydrogen) atoms. The standard InChI is InChI=1S/C15H14N4/c1-2-8-15(19-11-5-10-18-19)14(7-1)17-12-13-6-3-4-9-16-13/h1-11,17H,12H2. The van der Waals surface area contributed by atoms with Crippen LogP contribution in [-0.4, -0.2) is 14.8 Å². The van der Waals surface area contributed by atoms with Gasteiger partial charge in [0.25, 0.3) is 0 Å². The van der Waals surface area contributed by atoms with Crippen LogP contribution in [0.5, 0.6) is 0 Å². The van der Waals surface area contributed by atoms with Crippen LogP contribution in [0.4, 0.5) is 5.69 Å². The molecule has 4 heteroatoms. The van der Waals surface area contributed by atoms with E-state index < -0.39 is 0 Å². The van der Waals surface area contributed by atoms with Crippen molar-refractivity contribution in [2.45, 2.75) is 6.54 Å². The van der Waals surface area contributed by atoms with Crippen molar-refractivity contribution < 1.29 is 0 Å². The molecule has 3 aromatic rings. The molecule has 0 spiro atoms. The Morgan fingerprint density at radius 2 is 1.84 bits per heavy atom. The lowest BCUT2D eigenvalue weighted by molar-refractivity contribution is 0.878. The fourth-order valence-electron chi connectivity index (χ4n) is 1.92. The number of para-hydroxylation sites is 2. The predicted octanol–water partition coefficient (Wildman–Crippen LogP) is 2.88. The zero-order valence-corrected chi connectivity index (χ0v) is 10.4. The molecule has 2 heterocycles. The normalized spacial score (nSPS) is 10.3. The Hall–Kier alpha value is -2.62. The van der Waals surface area contributed by atoms with Crippen LogP contribution in [-0.2, 0) is 6.54 Å². The minimum absolute atomic E-state index is 0.694. The number of benzene rings is 1. The van der Waals surface area contributed by atoms with Crippen LogP contribution in [0.15, 0.2) is 67.1 Å². The summed E-state index contributed by atoms with van der Waals surface area (Å²) in [6, 6.07) is 15.9. The lowest BCUT2D eigenvalue weighted by Gasteiger charge is -2.11. The Bertz CT molecular complexity index is 632. The molecule has 0 unspecified atom stereocenters. The summed E-state index contributed by atoms with van der Waals surface area (Å²) < 4.78 is 1.85. The molecule has 2 aromatic heterocycles. The fraction of sp³-hybridized carbons (Fsp3) is 0.0667. The van der Waals surface area contributed by atoms with Gasteiger partial charge in [0.1, 0.15) is 0 Å². The van der Waals surface area contributed by atoms with Gasteiger partial charge in [-0.1, -0.05) is 18.2 Å². The Kier molecular flexibility index (Phi) is 3.23. The van der Waals surface area contributed by atoms with Gasteiger partial charge in [-0.15, -0.1) is 0 Å². The summed E-state index contributed by atoms with van der Waals surface area (Å²) in [6.45, 7) is 0.694. The average molecular weight is 250 g/mol. The fourth-order valence-corrected chi connectivity index (χ4v) is 1.92. The molecule has 0 aliphatic heterocycles. The number of rotatable bonds is 4. The van der Waals surface area contributed by atoms with Gasteiger partial charge in [0, 0.05) is 18.6 Å². The van der Waals surface area contributed by atoms with E-state index in [1.165, 1.54) is 0 Å². The van der Waals surface area contributed by atoms with Crippen molar-refractivity contribution in [3.8, 4) is 5.69 Å². The van der Waals surface area contributed by atoms with Crippen LogP contribution >= 0.6 is 0 Å². The molecular formula is C15H14N4. The molecule has 94 valence electrons. The van der Waals surface area contributed by atoms with Gasteiger partial charge >= 0.3 is 0 Å². The average Bonchev–Trinajstić information content (AvgIpc) is 3.01. The second-order valence-electron chi connectivity index (χ2n) is 4.14. The lowest BCUT2D eigenvalue weighted by atomic mass is 10.2. The van der Waals surface area contributed by atoms with E-state index in [2.05, 4.69) is 15.4 Å². The SMILES string of the molecule is c1ccc(CNc2ccccc2-n2cccn2)nc1. The topological polar surface area (TPSA) is 42.7 Å². The molecule has 1 aromatic carbocycles. The van der Waals surface area contributed by atoms with Crippen LogP contribution < -0.4 is 5.32 Å². The maximum atomic E-state index is 4.30. The van der Waals surface area contributed by atoms with E-state index in [1.54, 1.807) is 12.4 Å². The molecule has 0 atom stereocenters. The van der Waals surface area contributed by atoms with Crippen molar-refractivity contribution in [2.75, 3.05) is 5.32 Å². The molecule has 0 saturated carbocycles. The quantitative estimate of drug-likeness (QED) is 0.774. The number of anilines is 1. The molecule has 4 nitrogen and oxygen atoms in total. The second kappa shape index (κ2) is 5.35. The third kappa shape index (κ3) is 2.63. The minimum Gasteiger partial charge on any atom is -0.378 e. The van der Waals surface area contributed by atoms with Gasteiger partial charge in [-0.05, 0) is 30.3 Å². The summed E-state index contributed by atoms with van der Waals surface area (Å²) in [5, 5.41) is 7.66. The third-order valence-corrected chi connectivity index (χ3v) is 2.84. The van der Waals surface area contributed by atoms with E-state index in [1.807, 2.05) is 59.4 Å². The highest BCUT2D eigenvalue weighted by molar-refractivity contribution is 5.60. The van der Waals surface area contributed by atoms with Crippen LogP contribution in [0, 0.1) is 0 Å². The van der Waals surface area contributed by atoms with E-state index in [9.17, 15) is 0 Å². The Balaban J connectivity index is 1.82. The summed E-state index contributed by atoms with van der Waals surface area (Å²) in [6.07, 6.45) is 5.51. The van der Waals surface area contributed by atoms with Crippen LogP contribution in [0.2, 0.25) is 0 Å². The second-order valence-corrected chi connectivity index (χ2v) is 4.14. The van der Waals surface area contributed by atoms with Crippen LogP contribution in [0.3, 0.4) is 0 Å². The number of nitrogens with one attached hydrogen (secondary N) is 1. The Morgan fingerprint density at radius 3 is 2.63 bits per heavy atom. The van der Waals surface area contributed by atoms with Gasteiger partial charge in [0.05, 0.1) is 23.6 Å². The summed E-state index contributed by atoms with van der Waals surface area (Å²) in [5.74, 6) is 0. The molecule has 0 aliphatic carbocycles. The molecule has 0 radical (unpaired) electrons. The molecule has 0 fully saturated rings. The number of aromatic nitrogens is 3. The van der Waals surface area contributed by atoms with Gasteiger partial charge in [-0.25, -0.2) is 4.68 Å². The Labute approximate surface area is 111 Å². The minimum atomic E-state index is 0.694. The van der Waals surface area contributed by atoms with Gasteiger partial charge in [-0.2, -0.15) is 5.10 Å². The van der Waals surface area contributed by atoms with E-state index >= 15 is 0 Å². The van der Waals surface area contributed by atoms with E-state index in [4.69, 9.17) is 0 Å². The smallest absolute Gasteiger partial charge is 0.0876 e. The first kappa shape index (κ1) is 11.5. The summed E-state index contributed by atoms with van der Waals surface area (Å²) >= 11 is 0. The zero-order valence-electron chi connectivity index (χ0n) is 10.4. The highest BCUT2D eigenvalue weighted by Gasteiger charge is 2.03. The number of hydrogen-bond acceptors (Lipinski definition) is 3. The van der Waals surface area contributed by atoms with Gasteiger partial charge < -0.3 is 5.32 Å². The summed E-state index contributed by atoms with van der Waals surface area (Å²) in [7, 11) is 0. The third-order valence-electron chi connectivity index (χ3n) is 2.84. The first-order chi connectivity index (χ1) is 9.43. The van der Waals surface area contributed by atoms with Crippen molar-refractivity contribution in [3.05, 3.63) is 72.8 Å². The molecule has 0 saturated heterocycles. The summed E-state index contributed by atoms with van der Waals surface area (Å²) in [4.78, 5) is 4.30. The molecular weight excluding hydrogens is 236 g/mol. The predicted molar refractivity (Wildman–Crippen MR) is 75.1 cm³/mol. The highest BCUT2D eigenvalue weighted by Crippen LogP contribution is 2.19. The maximum Gasteiger partial charge on any atom is 0.0876 e. The van der Waals surface area contributed by atoms with Crippen LogP contribution in [0.1, 0.15) is 5.69 Å². The van der Waals surface area contributed by atoms with Crippen molar-refractivity contribution in [2.24, 2.45) is 0 Å². The van der Waals surface area contributed by atoms with E-state index in [0.29, 0.717) is 6.54 Å². The van der Waals surface area contributed by atoms with Crippen molar-refractivity contribution in [1.29, 1.82) is 0 Å². The van der Waals surface area contributed by atoms with Crippen molar-refractivity contribution in [1.82, 2.24) is 14.8 Å². The van der Waals surface area contributed by atoms with Crippen LogP contribution in [0.25, 0.3) is 5.69 Å². The first-order valence-electron chi connectivity index (χ1n) is 6.16. The van der Waals surface area contributed by atoms with E-state index in [0.717, 1.165) is 17.1 Å². The summed E-state index contributed by atoms with van der Waals surface area (Å²) in [5.41, 5.74) is 3.08. The first-order valence-corrected chi connectivity index (χ1v) is 6.16. The Morgan fingerprint density at radius 1 is 0.947 bits per heavy atom. The lowest BCUT2D eigenvalue weighted by Crippen LogP contribution is -2.05. The number of pyridine rings is 1. The molecule has 3 rings (SSSR count). The van der Waals surface area contributed by atoms with Gasteiger partial charge in [0.15, 0.2) is 0 Å². The molecule has 0 bridgehead atoms. The van der Waals surface area contributed by atoms with Crippen molar-refractivity contribution in [3.63, 3.8) is 0 Å². The highest BCUT2D eigenvalue weighted by atomic mass is 15.3. The monoisotopic (exact) mass is 250 g/mol. The molecule has 0 amide bonds. The zero-order chi connectivity index (χ0) is 12.9. The maximum absolute atomic E-state index is 4.30. The molecule has 1 N–H and O–H groups in total. The molecule has 0 aliphatic rings. The van der Waals surface area contributed by atoms with Gasteiger partial charge in [0.2, 0.25) is 0 Å².